The third-order valence-electron chi connectivity index (χ3n) is 4.70. The summed E-state index contributed by atoms with van der Waals surface area (Å²) < 4.78 is 0. The van der Waals surface area contributed by atoms with Crippen molar-refractivity contribution in [2.75, 3.05) is 0 Å². The maximum atomic E-state index is 11.4. The monoisotopic (exact) mass is 305 g/mol. The number of benzene rings is 1. The van der Waals surface area contributed by atoms with Crippen LogP contribution < -0.4 is 0 Å². The molecular formula is C17H20ClNO2. The van der Waals surface area contributed by atoms with E-state index >= 15 is 0 Å². The molecular weight excluding hydrogens is 286 g/mol. The van der Waals surface area contributed by atoms with Gasteiger partial charge < -0.3 is 10.1 Å². The smallest absolute Gasteiger partial charge is 0.304 e. The molecule has 1 aromatic heterocycles. The molecule has 1 heterocycles. The van der Waals surface area contributed by atoms with E-state index in [4.69, 9.17) is 11.6 Å². The molecule has 1 unspecified atom stereocenters. The molecule has 112 valence electrons. The quantitative estimate of drug-likeness (QED) is 0.862. The number of rotatable bonds is 4. The van der Waals surface area contributed by atoms with Crippen molar-refractivity contribution in [3.8, 4) is 0 Å². The van der Waals surface area contributed by atoms with Crippen LogP contribution in [0.15, 0.2) is 18.2 Å². The zero-order chi connectivity index (χ0) is 15.0. The lowest BCUT2D eigenvalue weighted by atomic mass is 9.68. The van der Waals surface area contributed by atoms with Crippen molar-refractivity contribution < 1.29 is 9.90 Å². The molecule has 4 heteroatoms. The highest BCUT2D eigenvalue weighted by molar-refractivity contribution is 6.31. The van der Waals surface area contributed by atoms with Crippen molar-refractivity contribution in [3.05, 3.63) is 34.5 Å². The fourth-order valence-corrected chi connectivity index (χ4v) is 4.12. The summed E-state index contributed by atoms with van der Waals surface area (Å²) in [4.78, 5) is 14.9. The van der Waals surface area contributed by atoms with Crippen LogP contribution >= 0.6 is 11.6 Å². The Morgan fingerprint density at radius 1 is 1.48 bits per heavy atom. The summed E-state index contributed by atoms with van der Waals surface area (Å²) in [6.45, 7) is 2.12. The molecule has 0 amide bonds. The topological polar surface area (TPSA) is 53.1 Å². The lowest BCUT2D eigenvalue weighted by Gasteiger charge is -2.36. The molecule has 1 aliphatic carbocycles. The predicted molar refractivity (Wildman–Crippen MR) is 85.1 cm³/mol. The van der Waals surface area contributed by atoms with E-state index in [1.165, 1.54) is 5.56 Å². The first-order valence-corrected chi connectivity index (χ1v) is 7.96. The number of hydrogen-bond donors (Lipinski definition) is 2. The minimum Gasteiger partial charge on any atom is -0.481 e. The number of fused-ring (bicyclic) bond motifs is 3. The molecule has 0 bridgehead atoms. The molecule has 21 heavy (non-hydrogen) atoms. The van der Waals surface area contributed by atoms with E-state index in [1.807, 2.05) is 18.2 Å². The van der Waals surface area contributed by atoms with Gasteiger partial charge in [-0.1, -0.05) is 24.9 Å². The second-order valence-corrected chi connectivity index (χ2v) is 6.56. The Kier molecular flexibility index (Phi) is 3.70. The van der Waals surface area contributed by atoms with Gasteiger partial charge in [0, 0.05) is 27.0 Å². The van der Waals surface area contributed by atoms with Gasteiger partial charge in [0.1, 0.15) is 0 Å². The van der Waals surface area contributed by atoms with Crippen LogP contribution in [-0.4, -0.2) is 16.1 Å². The van der Waals surface area contributed by atoms with Crippen molar-refractivity contribution in [2.24, 2.45) is 0 Å². The number of carbonyl (C=O) groups is 1. The van der Waals surface area contributed by atoms with E-state index in [0.29, 0.717) is 0 Å². The van der Waals surface area contributed by atoms with Gasteiger partial charge in [-0.15, -0.1) is 0 Å². The Balaban J connectivity index is 2.19. The highest BCUT2D eigenvalue weighted by atomic mass is 35.5. The summed E-state index contributed by atoms with van der Waals surface area (Å²) in [6.07, 6.45) is 5.09. The Morgan fingerprint density at radius 3 is 3.00 bits per heavy atom. The van der Waals surface area contributed by atoms with E-state index in [9.17, 15) is 9.90 Å². The highest BCUT2D eigenvalue weighted by Gasteiger charge is 2.39. The van der Waals surface area contributed by atoms with Gasteiger partial charge in [-0.3, -0.25) is 4.79 Å². The van der Waals surface area contributed by atoms with Crippen LogP contribution in [0, 0.1) is 0 Å². The van der Waals surface area contributed by atoms with Crippen LogP contribution in [-0.2, 0) is 16.6 Å². The van der Waals surface area contributed by atoms with E-state index < -0.39 is 5.97 Å². The molecule has 1 atom stereocenters. The normalized spacial score (nSPS) is 21.4. The number of aliphatic carboxylic acids is 1. The number of halogens is 1. The van der Waals surface area contributed by atoms with Crippen LogP contribution in [0.4, 0.5) is 0 Å². The van der Waals surface area contributed by atoms with Gasteiger partial charge in [0.05, 0.1) is 6.42 Å². The largest absolute Gasteiger partial charge is 0.481 e. The molecule has 3 nitrogen and oxygen atoms in total. The summed E-state index contributed by atoms with van der Waals surface area (Å²) in [5.41, 5.74) is 3.22. The summed E-state index contributed by atoms with van der Waals surface area (Å²) in [6, 6.07) is 5.87. The molecule has 0 fully saturated rings. The van der Waals surface area contributed by atoms with Gasteiger partial charge in [0.25, 0.3) is 0 Å². The molecule has 0 aliphatic heterocycles. The number of aromatic nitrogens is 1. The first kappa shape index (κ1) is 14.5. The standard InChI is InChI=1S/C17H20ClNO2/c1-2-7-17(10-15(20)21)8-3-4-12-13-9-11(18)5-6-14(13)19-16(12)17/h5-6,9,19H,2-4,7-8,10H2,1H3,(H,20,21). The van der Waals surface area contributed by atoms with Gasteiger partial charge in [-0.25, -0.2) is 0 Å². The lowest BCUT2D eigenvalue weighted by Crippen LogP contribution is -2.33. The first-order valence-electron chi connectivity index (χ1n) is 7.58. The predicted octanol–water partition coefficient (Wildman–Crippen LogP) is 4.67. The van der Waals surface area contributed by atoms with Gasteiger partial charge in [-0.2, -0.15) is 0 Å². The Hall–Kier alpha value is -1.48. The Labute approximate surface area is 129 Å². The zero-order valence-electron chi connectivity index (χ0n) is 12.2. The zero-order valence-corrected chi connectivity index (χ0v) is 13.0. The Bertz CT molecular complexity index is 691. The first-order chi connectivity index (χ1) is 10.1. The van der Waals surface area contributed by atoms with Crippen molar-refractivity contribution in [1.82, 2.24) is 4.98 Å². The van der Waals surface area contributed by atoms with Gasteiger partial charge in [0.2, 0.25) is 0 Å². The third-order valence-corrected chi connectivity index (χ3v) is 4.93. The third kappa shape index (κ3) is 2.44. The van der Waals surface area contributed by atoms with Crippen LogP contribution in [0.2, 0.25) is 5.02 Å². The number of carboxylic acids is 1. The van der Waals surface area contributed by atoms with E-state index in [0.717, 1.165) is 53.7 Å². The van der Waals surface area contributed by atoms with E-state index in [2.05, 4.69) is 11.9 Å². The van der Waals surface area contributed by atoms with Crippen molar-refractivity contribution in [2.45, 2.75) is 50.9 Å². The molecule has 1 aromatic carbocycles. The number of H-pyrrole nitrogens is 1. The van der Waals surface area contributed by atoms with Crippen molar-refractivity contribution in [3.63, 3.8) is 0 Å². The van der Waals surface area contributed by atoms with Gasteiger partial charge >= 0.3 is 5.97 Å². The molecule has 1 aliphatic rings. The second-order valence-electron chi connectivity index (χ2n) is 6.12. The summed E-state index contributed by atoms with van der Waals surface area (Å²) in [7, 11) is 0. The number of hydrogen-bond acceptors (Lipinski definition) is 1. The van der Waals surface area contributed by atoms with Crippen molar-refractivity contribution in [1.29, 1.82) is 0 Å². The van der Waals surface area contributed by atoms with Gasteiger partial charge in [-0.05, 0) is 49.4 Å². The minimum atomic E-state index is -0.715. The molecule has 3 rings (SSSR count). The second kappa shape index (κ2) is 5.38. The summed E-state index contributed by atoms with van der Waals surface area (Å²) in [5, 5.41) is 11.3. The maximum absolute atomic E-state index is 11.4. The van der Waals surface area contributed by atoms with Crippen LogP contribution in [0.3, 0.4) is 0 Å². The average Bonchev–Trinajstić information content (AvgIpc) is 2.78. The highest BCUT2D eigenvalue weighted by Crippen LogP contribution is 2.45. The van der Waals surface area contributed by atoms with Crippen LogP contribution in [0.1, 0.15) is 50.3 Å². The number of nitrogens with one attached hydrogen (secondary N) is 1. The minimum absolute atomic E-state index is 0.203. The maximum Gasteiger partial charge on any atom is 0.304 e. The van der Waals surface area contributed by atoms with Crippen molar-refractivity contribution >= 4 is 28.5 Å². The molecule has 2 aromatic rings. The number of carboxylic acid groups (broad SMARTS) is 1. The number of aromatic amines is 1. The number of aryl methyl sites for hydroxylation is 1. The fourth-order valence-electron chi connectivity index (χ4n) is 3.94. The van der Waals surface area contributed by atoms with E-state index in [1.54, 1.807) is 0 Å². The summed E-state index contributed by atoms with van der Waals surface area (Å²) in [5.74, 6) is -0.715. The fraction of sp³-hybridized carbons (Fsp3) is 0.471. The molecule has 0 saturated carbocycles. The average molecular weight is 306 g/mol. The SMILES string of the molecule is CCCC1(CC(=O)O)CCCc2c1[nH]c1ccc(Cl)cc21. The van der Waals surface area contributed by atoms with Crippen LogP contribution in [0.5, 0.6) is 0 Å². The Morgan fingerprint density at radius 2 is 2.29 bits per heavy atom. The van der Waals surface area contributed by atoms with Gasteiger partial charge in [0.15, 0.2) is 0 Å². The summed E-state index contributed by atoms with van der Waals surface area (Å²) >= 11 is 6.13. The molecule has 0 spiro atoms. The molecule has 2 N–H and O–H groups in total. The van der Waals surface area contributed by atoms with Crippen LogP contribution in [0.25, 0.3) is 10.9 Å². The van der Waals surface area contributed by atoms with E-state index in [-0.39, 0.29) is 11.8 Å². The lowest BCUT2D eigenvalue weighted by molar-refractivity contribution is -0.138. The molecule has 0 radical (unpaired) electrons. The molecule has 0 saturated heterocycles.